The quantitative estimate of drug-likeness (QED) is 0.781. The average Bonchev–Trinajstić information content (AvgIpc) is 2.48. The summed E-state index contributed by atoms with van der Waals surface area (Å²) >= 11 is 0. The second kappa shape index (κ2) is 7.20. The van der Waals surface area contributed by atoms with Gasteiger partial charge < -0.3 is 8.85 Å². The molecule has 112 valence electrons. The highest BCUT2D eigenvalue weighted by molar-refractivity contribution is 6.66. The smallest absolute Gasteiger partial charge is 0.386 e. The summed E-state index contributed by atoms with van der Waals surface area (Å²) < 4.78 is 12.0. The summed E-state index contributed by atoms with van der Waals surface area (Å²) in [6.45, 7) is 2.38. The number of hydrogen-bond acceptors (Lipinski definition) is 3. The zero-order chi connectivity index (χ0) is 13.7. The summed E-state index contributed by atoms with van der Waals surface area (Å²) in [6.07, 6.45) is 12.0. The van der Waals surface area contributed by atoms with E-state index in [0.717, 1.165) is 5.92 Å². The van der Waals surface area contributed by atoms with Crippen LogP contribution in [0.2, 0.25) is 5.54 Å². The van der Waals surface area contributed by atoms with Gasteiger partial charge in [-0.05, 0) is 31.6 Å². The Bertz CT molecular complexity index is 265. The number of hydrogen-bond donors (Lipinski definition) is 1. The molecule has 3 nitrogen and oxygen atoms in total. The largest absolute Gasteiger partial charge is 0.427 e. The lowest BCUT2D eigenvalue weighted by Crippen LogP contribution is -2.63. The molecular weight excluding hydrogens is 254 g/mol. The molecule has 0 aromatic rings. The van der Waals surface area contributed by atoms with Crippen molar-refractivity contribution >= 4 is 8.72 Å². The van der Waals surface area contributed by atoms with Crippen LogP contribution in [0.15, 0.2) is 0 Å². The molecule has 4 heteroatoms. The fraction of sp³-hybridized carbons (Fsp3) is 1.00. The van der Waals surface area contributed by atoms with E-state index in [4.69, 9.17) is 8.85 Å². The molecular formula is C15H31NO2Si. The standard InChI is InChI=1S/C15H31NO2Si/c1-13-9-7-8-12-15(13)16-19(17-2,18-3)14-10-5-4-6-11-14/h13-16H,4-12H2,1-3H3. The van der Waals surface area contributed by atoms with Crippen molar-refractivity contribution in [1.82, 2.24) is 4.98 Å². The zero-order valence-corrected chi connectivity index (χ0v) is 13.9. The van der Waals surface area contributed by atoms with Gasteiger partial charge in [0.1, 0.15) is 0 Å². The third-order valence-corrected chi connectivity index (χ3v) is 8.89. The van der Waals surface area contributed by atoms with Crippen LogP contribution in [0.3, 0.4) is 0 Å². The Morgan fingerprint density at radius 3 is 2.00 bits per heavy atom. The summed E-state index contributed by atoms with van der Waals surface area (Å²) in [7, 11) is 1.48. The predicted octanol–water partition coefficient (Wildman–Crippen LogP) is 3.72. The van der Waals surface area contributed by atoms with Crippen molar-refractivity contribution in [2.45, 2.75) is 76.3 Å². The molecule has 0 bridgehead atoms. The van der Waals surface area contributed by atoms with E-state index in [9.17, 15) is 0 Å². The van der Waals surface area contributed by atoms with Gasteiger partial charge in [0, 0.05) is 25.8 Å². The van der Waals surface area contributed by atoms with Crippen LogP contribution in [0, 0.1) is 5.92 Å². The average molecular weight is 286 g/mol. The molecule has 19 heavy (non-hydrogen) atoms. The van der Waals surface area contributed by atoms with Gasteiger partial charge in [-0.1, -0.05) is 39.0 Å². The number of nitrogens with one attached hydrogen (secondary N) is 1. The molecule has 2 atom stereocenters. The third kappa shape index (κ3) is 3.60. The van der Waals surface area contributed by atoms with Crippen LogP contribution in [-0.4, -0.2) is 29.0 Å². The Hall–Kier alpha value is 0.0969. The van der Waals surface area contributed by atoms with Gasteiger partial charge in [0.25, 0.3) is 0 Å². The minimum absolute atomic E-state index is 0.599. The van der Waals surface area contributed by atoms with Crippen molar-refractivity contribution in [3.05, 3.63) is 0 Å². The van der Waals surface area contributed by atoms with Gasteiger partial charge in [0.2, 0.25) is 0 Å². The van der Waals surface area contributed by atoms with Crippen molar-refractivity contribution in [3.63, 3.8) is 0 Å². The molecule has 0 amide bonds. The second-order valence-electron chi connectivity index (χ2n) is 6.42. The molecule has 0 aromatic heterocycles. The van der Waals surface area contributed by atoms with Crippen LogP contribution in [-0.2, 0) is 8.85 Å². The fourth-order valence-electron chi connectivity index (χ4n) is 3.92. The summed E-state index contributed by atoms with van der Waals surface area (Å²) in [5.74, 6) is 0.759. The Kier molecular flexibility index (Phi) is 5.87. The highest BCUT2D eigenvalue weighted by Gasteiger charge is 2.47. The van der Waals surface area contributed by atoms with Crippen LogP contribution >= 0.6 is 0 Å². The van der Waals surface area contributed by atoms with Gasteiger partial charge in [0.15, 0.2) is 0 Å². The molecule has 0 aliphatic heterocycles. The first-order valence-corrected chi connectivity index (χ1v) is 9.99. The molecule has 0 spiro atoms. The third-order valence-electron chi connectivity index (χ3n) is 5.25. The molecule has 2 rings (SSSR count). The molecule has 0 saturated heterocycles. The van der Waals surface area contributed by atoms with Crippen molar-refractivity contribution in [3.8, 4) is 0 Å². The van der Waals surface area contributed by atoms with Crippen LogP contribution in [0.5, 0.6) is 0 Å². The van der Waals surface area contributed by atoms with Gasteiger partial charge in [-0.3, -0.25) is 4.98 Å². The summed E-state index contributed by atoms with van der Waals surface area (Å²) in [5, 5.41) is 0. The van der Waals surface area contributed by atoms with E-state index in [1.54, 1.807) is 0 Å². The lowest BCUT2D eigenvalue weighted by molar-refractivity contribution is 0.180. The maximum absolute atomic E-state index is 5.98. The monoisotopic (exact) mass is 285 g/mol. The highest BCUT2D eigenvalue weighted by atomic mass is 28.4. The fourth-order valence-corrected chi connectivity index (χ4v) is 7.34. The van der Waals surface area contributed by atoms with Crippen LogP contribution < -0.4 is 4.98 Å². The molecule has 1 N–H and O–H groups in total. The zero-order valence-electron chi connectivity index (χ0n) is 12.9. The minimum Gasteiger partial charge on any atom is -0.386 e. The van der Waals surface area contributed by atoms with Gasteiger partial charge in [-0.15, -0.1) is 0 Å². The SMILES string of the molecule is CO[Si](NC1CCCCC1C)(OC)C1CCCCC1. The highest BCUT2D eigenvalue weighted by Crippen LogP contribution is 2.37. The molecule has 0 aromatic carbocycles. The lowest BCUT2D eigenvalue weighted by atomic mass is 9.87. The van der Waals surface area contributed by atoms with E-state index < -0.39 is 8.72 Å². The van der Waals surface area contributed by atoms with Crippen LogP contribution in [0.1, 0.15) is 64.7 Å². The molecule has 0 heterocycles. The minimum atomic E-state index is -2.22. The van der Waals surface area contributed by atoms with E-state index in [2.05, 4.69) is 11.9 Å². The van der Waals surface area contributed by atoms with Crippen molar-refractivity contribution in [1.29, 1.82) is 0 Å². The molecule has 2 aliphatic carbocycles. The van der Waals surface area contributed by atoms with Gasteiger partial charge >= 0.3 is 8.72 Å². The topological polar surface area (TPSA) is 30.5 Å². The van der Waals surface area contributed by atoms with E-state index >= 15 is 0 Å². The van der Waals surface area contributed by atoms with Crippen LogP contribution in [0.4, 0.5) is 0 Å². The summed E-state index contributed by atoms with van der Waals surface area (Å²) in [5.41, 5.74) is 0.630. The predicted molar refractivity (Wildman–Crippen MR) is 81.2 cm³/mol. The van der Waals surface area contributed by atoms with E-state index in [1.165, 1.54) is 57.8 Å². The van der Waals surface area contributed by atoms with E-state index in [0.29, 0.717) is 11.6 Å². The maximum atomic E-state index is 5.98. The number of rotatable bonds is 5. The first-order valence-electron chi connectivity index (χ1n) is 8.10. The van der Waals surface area contributed by atoms with Gasteiger partial charge in [-0.2, -0.15) is 0 Å². The van der Waals surface area contributed by atoms with Crippen molar-refractivity contribution < 1.29 is 8.85 Å². The lowest BCUT2D eigenvalue weighted by Gasteiger charge is -2.42. The molecule has 2 aliphatic rings. The van der Waals surface area contributed by atoms with Gasteiger partial charge in [0.05, 0.1) is 0 Å². The van der Waals surface area contributed by atoms with E-state index in [1.807, 2.05) is 14.2 Å². The second-order valence-corrected chi connectivity index (χ2v) is 9.68. The molecule has 2 unspecified atom stereocenters. The first kappa shape index (κ1) is 15.5. The Morgan fingerprint density at radius 1 is 0.842 bits per heavy atom. The maximum Gasteiger partial charge on any atom is 0.427 e. The molecule has 2 fully saturated rings. The van der Waals surface area contributed by atoms with Crippen LogP contribution in [0.25, 0.3) is 0 Å². The Morgan fingerprint density at radius 2 is 1.42 bits per heavy atom. The Balaban J connectivity index is 2.04. The summed E-state index contributed by atoms with van der Waals surface area (Å²) in [6, 6.07) is 0.599. The Labute approximate surface area is 119 Å². The molecule has 2 saturated carbocycles. The van der Waals surface area contributed by atoms with Gasteiger partial charge in [-0.25, -0.2) is 0 Å². The van der Waals surface area contributed by atoms with E-state index in [-0.39, 0.29) is 0 Å². The first-order chi connectivity index (χ1) is 9.22. The van der Waals surface area contributed by atoms with Crippen molar-refractivity contribution in [2.24, 2.45) is 5.92 Å². The molecule has 0 radical (unpaired) electrons. The summed E-state index contributed by atoms with van der Waals surface area (Å²) in [4.78, 5) is 3.88. The van der Waals surface area contributed by atoms with Crippen molar-refractivity contribution in [2.75, 3.05) is 14.2 Å². The normalized spacial score (nSPS) is 30.5.